The Labute approximate surface area is 173 Å². The van der Waals surface area contributed by atoms with Crippen molar-refractivity contribution in [3.63, 3.8) is 0 Å². The van der Waals surface area contributed by atoms with E-state index in [0.29, 0.717) is 33.5 Å². The molecule has 3 aromatic rings. The number of nitrogens with one attached hydrogen (secondary N) is 1. The average Bonchev–Trinajstić information content (AvgIpc) is 2.69. The Kier molecular flexibility index (Phi) is 6.69. The SMILES string of the molecule is Cc1ccc(COc2ccc(C(=O)N/N=C\c3ccc(Cl)cc3Cl)cc2)cc1. The highest BCUT2D eigenvalue weighted by Gasteiger charge is 2.05. The van der Waals surface area contributed by atoms with E-state index in [9.17, 15) is 4.79 Å². The normalized spacial score (nSPS) is 10.8. The maximum absolute atomic E-state index is 12.2. The van der Waals surface area contributed by atoms with E-state index >= 15 is 0 Å². The first-order chi connectivity index (χ1) is 13.5. The van der Waals surface area contributed by atoms with Crippen LogP contribution in [0.4, 0.5) is 0 Å². The van der Waals surface area contributed by atoms with Gasteiger partial charge in [-0.15, -0.1) is 0 Å². The second kappa shape index (κ2) is 9.40. The van der Waals surface area contributed by atoms with Gasteiger partial charge in [-0.25, -0.2) is 5.43 Å². The predicted molar refractivity (Wildman–Crippen MR) is 113 cm³/mol. The number of carbonyl (C=O) groups is 1. The summed E-state index contributed by atoms with van der Waals surface area (Å²) in [5.41, 5.74) is 5.90. The molecule has 0 saturated heterocycles. The summed E-state index contributed by atoms with van der Waals surface area (Å²) >= 11 is 11.9. The zero-order chi connectivity index (χ0) is 19.9. The predicted octanol–water partition coefficient (Wildman–Crippen LogP) is 5.64. The van der Waals surface area contributed by atoms with E-state index in [4.69, 9.17) is 27.9 Å². The molecule has 0 saturated carbocycles. The van der Waals surface area contributed by atoms with Gasteiger partial charge in [0.25, 0.3) is 5.91 Å². The Hall–Kier alpha value is -2.82. The van der Waals surface area contributed by atoms with E-state index in [1.54, 1.807) is 42.5 Å². The van der Waals surface area contributed by atoms with Crippen LogP contribution in [0, 0.1) is 6.92 Å². The summed E-state index contributed by atoms with van der Waals surface area (Å²) in [5.74, 6) is 0.361. The molecule has 3 aromatic carbocycles. The molecule has 0 unspecified atom stereocenters. The van der Waals surface area contributed by atoms with Crippen LogP contribution in [-0.2, 0) is 6.61 Å². The van der Waals surface area contributed by atoms with Gasteiger partial charge >= 0.3 is 0 Å². The molecule has 3 rings (SSSR count). The molecule has 0 aromatic heterocycles. The zero-order valence-electron chi connectivity index (χ0n) is 15.2. The standard InChI is InChI=1S/C22H18Cl2N2O2/c1-15-2-4-16(5-3-15)14-28-20-10-7-17(8-11-20)22(27)26-25-13-18-6-9-19(23)12-21(18)24/h2-13H,14H2,1H3,(H,26,27)/b25-13-. The van der Waals surface area contributed by atoms with Gasteiger partial charge in [0.05, 0.1) is 11.2 Å². The summed E-state index contributed by atoms with van der Waals surface area (Å²) < 4.78 is 5.74. The van der Waals surface area contributed by atoms with Crippen molar-refractivity contribution in [2.45, 2.75) is 13.5 Å². The third-order valence-electron chi connectivity index (χ3n) is 3.97. The molecular weight excluding hydrogens is 395 g/mol. The van der Waals surface area contributed by atoms with Crippen LogP contribution in [0.3, 0.4) is 0 Å². The Bertz CT molecular complexity index is 984. The van der Waals surface area contributed by atoms with Crippen molar-refractivity contribution in [1.29, 1.82) is 0 Å². The lowest BCUT2D eigenvalue weighted by molar-refractivity contribution is 0.0955. The molecule has 4 nitrogen and oxygen atoms in total. The summed E-state index contributed by atoms with van der Waals surface area (Å²) in [6.07, 6.45) is 1.47. The minimum atomic E-state index is -0.327. The molecule has 0 radical (unpaired) electrons. The number of hydrogen-bond donors (Lipinski definition) is 1. The number of rotatable bonds is 6. The Morgan fingerprint density at radius 3 is 2.43 bits per heavy atom. The van der Waals surface area contributed by atoms with E-state index in [0.717, 1.165) is 5.56 Å². The van der Waals surface area contributed by atoms with Crippen LogP contribution in [0.25, 0.3) is 0 Å². The highest BCUT2D eigenvalue weighted by atomic mass is 35.5. The molecule has 28 heavy (non-hydrogen) atoms. The van der Waals surface area contributed by atoms with E-state index < -0.39 is 0 Å². The lowest BCUT2D eigenvalue weighted by Gasteiger charge is -2.07. The number of halogens is 2. The molecule has 6 heteroatoms. The van der Waals surface area contributed by atoms with Gasteiger partial charge in [-0.2, -0.15) is 5.10 Å². The molecule has 0 fully saturated rings. The Morgan fingerprint density at radius 2 is 1.75 bits per heavy atom. The highest BCUT2D eigenvalue weighted by Crippen LogP contribution is 2.19. The number of hydrazone groups is 1. The van der Waals surface area contributed by atoms with Gasteiger partial charge in [-0.3, -0.25) is 4.79 Å². The molecular formula is C22H18Cl2N2O2. The van der Waals surface area contributed by atoms with Crippen LogP contribution < -0.4 is 10.2 Å². The van der Waals surface area contributed by atoms with Crippen molar-refractivity contribution in [1.82, 2.24) is 5.43 Å². The summed E-state index contributed by atoms with van der Waals surface area (Å²) in [6, 6.07) is 20.1. The molecule has 0 spiro atoms. The van der Waals surface area contributed by atoms with Crippen molar-refractivity contribution in [2.75, 3.05) is 0 Å². The molecule has 0 bridgehead atoms. The minimum Gasteiger partial charge on any atom is -0.489 e. The first-order valence-corrected chi connectivity index (χ1v) is 9.34. The number of amides is 1. The lowest BCUT2D eigenvalue weighted by atomic mass is 10.2. The molecule has 0 aliphatic heterocycles. The molecule has 0 aliphatic rings. The number of ether oxygens (including phenoxy) is 1. The number of aryl methyl sites for hydroxylation is 1. The molecule has 0 atom stereocenters. The molecule has 0 aliphatic carbocycles. The number of carbonyl (C=O) groups excluding carboxylic acids is 1. The van der Waals surface area contributed by atoms with Gasteiger partial charge in [-0.1, -0.05) is 59.1 Å². The number of benzene rings is 3. The van der Waals surface area contributed by atoms with Crippen LogP contribution in [0.1, 0.15) is 27.0 Å². The van der Waals surface area contributed by atoms with Gasteiger partial charge in [0.2, 0.25) is 0 Å². The second-order valence-electron chi connectivity index (χ2n) is 6.16. The van der Waals surface area contributed by atoms with E-state index in [2.05, 4.69) is 10.5 Å². The maximum Gasteiger partial charge on any atom is 0.271 e. The molecule has 1 N–H and O–H groups in total. The topological polar surface area (TPSA) is 50.7 Å². The van der Waals surface area contributed by atoms with Crippen LogP contribution >= 0.6 is 23.2 Å². The summed E-state index contributed by atoms with van der Waals surface area (Å²) in [6.45, 7) is 2.51. The van der Waals surface area contributed by atoms with Crippen LogP contribution in [0.5, 0.6) is 5.75 Å². The van der Waals surface area contributed by atoms with Crippen molar-refractivity contribution in [3.8, 4) is 5.75 Å². The Morgan fingerprint density at radius 1 is 1.04 bits per heavy atom. The molecule has 0 heterocycles. The van der Waals surface area contributed by atoms with E-state index in [1.165, 1.54) is 11.8 Å². The number of nitrogens with zero attached hydrogens (tertiary/aromatic N) is 1. The molecule has 1 amide bonds. The summed E-state index contributed by atoms with van der Waals surface area (Å²) in [4.78, 5) is 12.2. The minimum absolute atomic E-state index is 0.327. The average molecular weight is 413 g/mol. The van der Waals surface area contributed by atoms with E-state index in [1.807, 2.05) is 31.2 Å². The second-order valence-corrected chi connectivity index (χ2v) is 7.01. The lowest BCUT2D eigenvalue weighted by Crippen LogP contribution is -2.17. The van der Waals surface area contributed by atoms with Crippen molar-refractivity contribution in [3.05, 3.63) is 99.0 Å². The van der Waals surface area contributed by atoms with Crippen molar-refractivity contribution < 1.29 is 9.53 Å². The molecule has 142 valence electrons. The van der Waals surface area contributed by atoms with Crippen molar-refractivity contribution in [2.24, 2.45) is 5.10 Å². The van der Waals surface area contributed by atoms with Gasteiger partial charge in [-0.05, 0) is 48.9 Å². The monoisotopic (exact) mass is 412 g/mol. The van der Waals surface area contributed by atoms with Crippen molar-refractivity contribution >= 4 is 35.3 Å². The third kappa shape index (κ3) is 5.59. The highest BCUT2D eigenvalue weighted by molar-refractivity contribution is 6.36. The Balaban J connectivity index is 1.54. The largest absolute Gasteiger partial charge is 0.489 e. The first-order valence-electron chi connectivity index (χ1n) is 8.58. The van der Waals surface area contributed by atoms with Crippen LogP contribution in [0.2, 0.25) is 10.0 Å². The van der Waals surface area contributed by atoms with Gasteiger partial charge in [0, 0.05) is 16.1 Å². The van der Waals surface area contributed by atoms with Gasteiger partial charge in [0.15, 0.2) is 0 Å². The quantitative estimate of drug-likeness (QED) is 0.420. The third-order valence-corrected chi connectivity index (χ3v) is 4.54. The van der Waals surface area contributed by atoms with Crippen LogP contribution in [0.15, 0.2) is 71.8 Å². The van der Waals surface area contributed by atoms with Gasteiger partial charge < -0.3 is 4.74 Å². The maximum atomic E-state index is 12.2. The van der Waals surface area contributed by atoms with E-state index in [-0.39, 0.29) is 5.91 Å². The smallest absolute Gasteiger partial charge is 0.271 e. The summed E-state index contributed by atoms with van der Waals surface area (Å²) in [7, 11) is 0. The zero-order valence-corrected chi connectivity index (χ0v) is 16.7. The number of hydrogen-bond acceptors (Lipinski definition) is 3. The van der Waals surface area contributed by atoms with Gasteiger partial charge in [0.1, 0.15) is 12.4 Å². The van der Waals surface area contributed by atoms with Crippen LogP contribution in [-0.4, -0.2) is 12.1 Å². The summed E-state index contributed by atoms with van der Waals surface area (Å²) in [5, 5.41) is 4.93. The fraction of sp³-hybridized carbons (Fsp3) is 0.0909. The fourth-order valence-corrected chi connectivity index (χ4v) is 2.84. The first kappa shape index (κ1) is 19.9. The fourth-order valence-electron chi connectivity index (χ4n) is 2.38.